The molecule has 0 radical (unpaired) electrons. The van der Waals surface area contributed by atoms with Crippen molar-refractivity contribution in [3.63, 3.8) is 0 Å². The molecule has 0 saturated carbocycles. The predicted molar refractivity (Wildman–Crippen MR) is 70.2 cm³/mol. The lowest BCUT2D eigenvalue weighted by atomic mass is 10.2. The van der Waals surface area contributed by atoms with E-state index in [-0.39, 0.29) is 11.5 Å². The number of benzene rings is 1. The number of nitrogens with zero attached hydrogens (tertiary/aromatic N) is 4. The molecule has 8 N–H and O–H groups in total. The summed E-state index contributed by atoms with van der Waals surface area (Å²) in [5, 5.41) is 29.0. The van der Waals surface area contributed by atoms with Crippen LogP contribution < -0.4 is 11.7 Å². The zero-order valence-corrected chi connectivity index (χ0v) is 10.2. The van der Waals surface area contributed by atoms with Crippen molar-refractivity contribution < 1.29 is 10.2 Å². The first-order chi connectivity index (χ1) is 9.04. The minimum absolute atomic E-state index is 0.134. The van der Waals surface area contributed by atoms with Gasteiger partial charge in [0.05, 0.1) is 0 Å². The second-order valence-electron chi connectivity index (χ2n) is 2.71. The monoisotopic (exact) mass is 268 g/mol. The number of hydrogen-bond donors (Lipinski definition) is 6. The molecule has 0 aliphatic carbocycles. The highest BCUT2D eigenvalue weighted by molar-refractivity contribution is 5.53. The van der Waals surface area contributed by atoms with Gasteiger partial charge in [0, 0.05) is 5.56 Å². The summed E-state index contributed by atoms with van der Waals surface area (Å²) < 4.78 is 0. The molecule has 0 unspecified atom stereocenters. The molecule has 0 saturated heterocycles. The molecule has 19 heavy (non-hydrogen) atoms. The van der Waals surface area contributed by atoms with E-state index in [1.165, 1.54) is 12.1 Å². The molecule has 104 valence electrons. The molecular formula is C9H16N8O2. The van der Waals surface area contributed by atoms with Crippen molar-refractivity contribution in [3.05, 3.63) is 23.8 Å². The molecule has 0 aromatic heterocycles. The van der Waals surface area contributed by atoms with Gasteiger partial charge in [-0.05, 0) is 19.1 Å². The highest BCUT2D eigenvalue weighted by Crippen LogP contribution is 2.23. The fourth-order valence-electron chi connectivity index (χ4n) is 0.678. The summed E-state index contributed by atoms with van der Waals surface area (Å²) in [7, 11) is 0. The van der Waals surface area contributed by atoms with E-state index in [4.69, 9.17) is 21.3 Å². The zero-order valence-electron chi connectivity index (χ0n) is 10.2. The highest BCUT2D eigenvalue weighted by atomic mass is 16.3. The van der Waals surface area contributed by atoms with Gasteiger partial charge in [-0.15, -0.1) is 10.2 Å². The standard InChI is InChI=1S/C7H8O2.2CH4N4/c1-5-6(8)3-2-4-7(5)9;2*2-4-1-5-3/h2-4,8-9H,1H3;2*1-2H,3H2. The first-order valence-electron chi connectivity index (χ1n) is 4.69. The van der Waals surface area contributed by atoms with Crippen LogP contribution in [0.3, 0.4) is 0 Å². The molecule has 1 aromatic rings. The largest absolute Gasteiger partial charge is 0.508 e. The Morgan fingerprint density at radius 3 is 1.53 bits per heavy atom. The van der Waals surface area contributed by atoms with Crippen molar-refractivity contribution >= 4 is 12.7 Å². The van der Waals surface area contributed by atoms with Crippen LogP contribution in [0, 0.1) is 18.0 Å². The first kappa shape index (κ1) is 18.3. The molecule has 0 atom stereocenters. The van der Waals surface area contributed by atoms with Crippen LogP contribution in [0.4, 0.5) is 0 Å². The maximum Gasteiger partial charge on any atom is 0.156 e. The number of aromatic hydroxyl groups is 2. The minimum atomic E-state index is 0.134. The number of rotatable bonds is 2. The predicted octanol–water partition coefficient (Wildman–Crippen LogP) is 1.24. The molecule has 0 spiro atoms. The average molecular weight is 268 g/mol. The Morgan fingerprint density at radius 2 is 1.37 bits per heavy atom. The summed E-state index contributed by atoms with van der Waals surface area (Å²) in [6.07, 6.45) is 1.89. The molecule has 10 nitrogen and oxygen atoms in total. The number of hydrazone groups is 2. The van der Waals surface area contributed by atoms with Gasteiger partial charge in [-0.25, -0.2) is 11.1 Å². The fourth-order valence-corrected chi connectivity index (χ4v) is 0.678. The molecular weight excluding hydrogens is 252 g/mol. The summed E-state index contributed by atoms with van der Waals surface area (Å²) in [4.78, 5) is 0. The Morgan fingerprint density at radius 1 is 1.00 bits per heavy atom. The van der Waals surface area contributed by atoms with Crippen LogP contribution in [0.25, 0.3) is 0 Å². The van der Waals surface area contributed by atoms with Crippen molar-refractivity contribution in [2.75, 3.05) is 0 Å². The van der Waals surface area contributed by atoms with Gasteiger partial charge in [0.15, 0.2) is 12.7 Å². The van der Waals surface area contributed by atoms with E-state index < -0.39 is 0 Å². The van der Waals surface area contributed by atoms with E-state index in [1.807, 2.05) is 0 Å². The summed E-state index contributed by atoms with van der Waals surface area (Å²) in [6.45, 7) is 1.66. The highest BCUT2D eigenvalue weighted by Gasteiger charge is 1.97. The molecule has 1 aromatic carbocycles. The van der Waals surface area contributed by atoms with Gasteiger partial charge >= 0.3 is 0 Å². The normalized spacial score (nSPS) is 9.11. The topological polar surface area (TPSA) is 190 Å². The average Bonchev–Trinajstić information content (AvgIpc) is 2.39. The van der Waals surface area contributed by atoms with Crippen molar-refractivity contribution in [1.82, 2.24) is 0 Å². The number of nitrogens with one attached hydrogen (secondary N) is 2. The third kappa shape index (κ3) is 11.2. The van der Waals surface area contributed by atoms with Gasteiger partial charge in [0.1, 0.15) is 11.5 Å². The van der Waals surface area contributed by atoms with E-state index in [2.05, 4.69) is 32.1 Å². The van der Waals surface area contributed by atoms with Crippen LogP contribution in [0.1, 0.15) is 5.56 Å². The van der Waals surface area contributed by atoms with Gasteiger partial charge in [0.2, 0.25) is 0 Å². The van der Waals surface area contributed by atoms with Crippen LogP contribution in [0.15, 0.2) is 38.6 Å². The number of nitrogens with two attached hydrogens (primary N) is 2. The Hall–Kier alpha value is -3.04. The fraction of sp³-hybridized carbons (Fsp3) is 0.111. The summed E-state index contributed by atoms with van der Waals surface area (Å²) >= 11 is 0. The Bertz CT molecular complexity index is 396. The van der Waals surface area contributed by atoms with Gasteiger partial charge in [0.25, 0.3) is 0 Å². The van der Waals surface area contributed by atoms with Crippen molar-refractivity contribution in [1.29, 1.82) is 11.1 Å². The first-order valence-corrected chi connectivity index (χ1v) is 4.69. The van der Waals surface area contributed by atoms with Crippen LogP contribution >= 0.6 is 0 Å². The Labute approximate surface area is 109 Å². The van der Waals surface area contributed by atoms with Crippen LogP contribution in [0.5, 0.6) is 11.5 Å². The summed E-state index contributed by atoms with van der Waals surface area (Å²) in [6, 6.07) is 4.67. The quantitative estimate of drug-likeness (QED) is 0.155. The van der Waals surface area contributed by atoms with E-state index in [0.717, 1.165) is 12.7 Å². The minimum Gasteiger partial charge on any atom is -0.508 e. The van der Waals surface area contributed by atoms with Crippen molar-refractivity contribution in [2.24, 2.45) is 32.1 Å². The van der Waals surface area contributed by atoms with Gasteiger partial charge in [-0.2, -0.15) is 10.2 Å². The molecule has 0 aliphatic heterocycles. The molecule has 0 bridgehead atoms. The van der Waals surface area contributed by atoms with Crippen molar-refractivity contribution in [3.8, 4) is 11.5 Å². The summed E-state index contributed by atoms with van der Waals surface area (Å²) in [5.74, 6) is 9.26. The number of hydrogen-bond acceptors (Lipinski definition) is 8. The molecule has 0 heterocycles. The Balaban J connectivity index is 0. The lowest BCUT2D eigenvalue weighted by Gasteiger charge is -1.98. The Kier molecular flexibility index (Phi) is 12.6. The van der Waals surface area contributed by atoms with E-state index >= 15 is 0 Å². The van der Waals surface area contributed by atoms with Crippen LogP contribution in [0.2, 0.25) is 0 Å². The molecule has 0 fully saturated rings. The van der Waals surface area contributed by atoms with Crippen molar-refractivity contribution in [2.45, 2.75) is 6.92 Å². The van der Waals surface area contributed by atoms with Gasteiger partial charge in [-0.3, -0.25) is 0 Å². The van der Waals surface area contributed by atoms with E-state index in [0.29, 0.717) is 5.56 Å². The molecule has 1 rings (SSSR count). The van der Waals surface area contributed by atoms with E-state index in [1.54, 1.807) is 13.0 Å². The molecule has 0 amide bonds. The zero-order chi connectivity index (χ0) is 15.1. The maximum atomic E-state index is 8.94. The SMILES string of the molecule is Cc1c(O)cccc1O.N=NC=NN.N=NC=NN. The second-order valence-corrected chi connectivity index (χ2v) is 2.71. The lowest BCUT2D eigenvalue weighted by Crippen LogP contribution is -1.75. The van der Waals surface area contributed by atoms with Gasteiger partial charge in [-0.1, -0.05) is 6.07 Å². The third-order valence-electron chi connectivity index (χ3n) is 1.53. The summed E-state index contributed by atoms with van der Waals surface area (Å²) in [5.41, 5.74) is 12.5. The lowest BCUT2D eigenvalue weighted by molar-refractivity contribution is 0.443. The van der Waals surface area contributed by atoms with E-state index in [9.17, 15) is 0 Å². The molecule has 10 heteroatoms. The second kappa shape index (κ2) is 13.0. The smallest absolute Gasteiger partial charge is 0.156 e. The number of phenols is 2. The molecule has 0 aliphatic rings. The maximum absolute atomic E-state index is 8.94. The van der Waals surface area contributed by atoms with Gasteiger partial charge < -0.3 is 21.9 Å². The third-order valence-corrected chi connectivity index (χ3v) is 1.53. The number of phenolic OH excluding ortho intramolecular Hbond substituents is 2. The van der Waals surface area contributed by atoms with Crippen LogP contribution in [-0.4, -0.2) is 22.9 Å². The van der Waals surface area contributed by atoms with Crippen LogP contribution in [-0.2, 0) is 0 Å².